The molecule has 0 bridgehead atoms. The van der Waals surface area contributed by atoms with Gasteiger partial charge in [0.1, 0.15) is 11.1 Å². The summed E-state index contributed by atoms with van der Waals surface area (Å²) in [6.07, 6.45) is -1.56. The summed E-state index contributed by atoms with van der Waals surface area (Å²) in [6.45, 7) is 9.12. The van der Waals surface area contributed by atoms with E-state index in [-0.39, 0.29) is 25.9 Å². The first-order chi connectivity index (χ1) is 15.9. The number of carboxylic acid groups (broad SMARTS) is 1. The van der Waals surface area contributed by atoms with Crippen molar-refractivity contribution in [1.82, 2.24) is 15.1 Å². The maximum atomic E-state index is 13.4. The first kappa shape index (κ1) is 25.4. The summed E-state index contributed by atoms with van der Waals surface area (Å²) < 4.78 is 5.36. The number of nitrogens with one attached hydrogen (secondary N) is 2. The average molecular weight is 477 g/mol. The predicted octanol–water partition coefficient (Wildman–Crippen LogP) is 2.00. The zero-order chi connectivity index (χ0) is 25.1. The van der Waals surface area contributed by atoms with Gasteiger partial charge in [0, 0.05) is 45.0 Å². The molecule has 0 atom stereocenters. The van der Waals surface area contributed by atoms with E-state index in [4.69, 9.17) is 10.5 Å². The fourth-order valence-electron chi connectivity index (χ4n) is 4.15. The van der Waals surface area contributed by atoms with Crippen LogP contribution in [0.1, 0.15) is 33.6 Å². The van der Waals surface area contributed by atoms with Crippen molar-refractivity contribution in [2.45, 2.75) is 44.8 Å². The number of benzene rings is 1. The van der Waals surface area contributed by atoms with Crippen LogP contribution in [0.3, 0.4) is 0 Å². The summed E-state index contributed by atoms with van der Waals surface area (Å²) in [6, 6.07) is 5.51. The van der Waals surface area contributed by atoms with Gasteiger partial charge < -0.3 is 40.9 Å². The zero-order valence-electron chi connectivity index (χ0n) is 20.4. The van der Waals surface area contributed by atoms with E-state index in [0.29, 0.717) is 11.4 Å². The third-order valence-electron chi connectivity index (χ3n) is 6.21. The minimum Gasteiger partial charge on any atom is -0.465 e. The Balaban J connectivity index is 1.76. The summed E-state index contributed by atoms with van der Waals surface area (Å²) in [4.78, 5) is 43.0. The highest BCUT2D eigenvalue weighted by Crippen LogP contribution is 2.30. The molecule has 3 amide bonds. The van der Waals surface area contributed by atoms with Crippen LogP contribution in [0.25, 0.3) is 0 Å². The molecule has 3 rings (SSSR count). The van der Waals surface area contributed by atoms with E-state index in [1.165, 1.54) is 4.90 Å². The molecule has 5 N–H and O–H groups in total. The molecule has 2 heterocycles. The van der Waals surface area contributed by atoms with Crippen LogP contribution in [-0.4, -0.2) is 90.5 Å². The Labute approximate surface area is 200 Å². The molecular weight excluding hydrogens is 440 g/mol. The zero-order valence-corrected chi connectivity index (χ0v) is 20.4. The van der Waals surface area contributed by atoms with Gasteiger partial charge in [-0.3, -0.25) is 4.79 Å². The van der Waals surface area contributed by atoms with Crippen molar-refractivity contribution in [1.29, 1.82) is 0 Å². The molecule has 0 spiro atoms. The van der Waals surface area contributed by atoms with E-state index in [0.717, 1.165) is 31.9 Å². The lowest BCUT2D eigenvalue weighted by molar-refractivity contribution is -0.124. The largest absolute Gasteiger partial charge is 0.465 e. The van der Waals surface area contributed by atoms with Crippen molar-refractivity contribution in [3.63, 3.8) is 0 Å². The predicted molar refractivity (Wildman–Crippen MR) is 130 cm³/mol. The highest BCUT2D eigenvalue weighted by Gasteiger charge is 2.44. The van der Waals surface area contributed by atoms with Crippen LogP contribution in [0.5, 0.6) is 0 Å². The fourth-order valence-corrected chi connectivity index (χ4v) is 4.15. The van der Waals surface area contributed by atoms with Gasteiger partial charge in [0.15, 0.2) is 0 Å². The summed E-state index contributed by atoms with van der Waals surface area (Å²) in [5, 5.41) is 14.8. The SMILES string of the molecule is CN1CCN(c2ccc(NC(=O)C3(NC(=O)OC(C)(C)C)CCN(C(=O)O)CC3)c(N)c2)CC1. The monoisotopic (exact) mass is 476 g/mol. The van der Waals surface area contributed by atoms with Crippen molar-refractivity contribution in [2.24, 2.45) is 0 Å². The van der Waals surface area contributed by atoms with Gasteiger partial charge in [-0.25, -0.2) is 9.59 Å². The van der Waals surface area contributed by atoms with Crippen LogP contribution in [0.15, 0.2) is 18.2 Å². The van der Waals surface area contributed by atoms with Crippen molar-refractivity contribution < 1.29 is 24.2 Å². The second-order valence-electron chi connectivity index (χ2n) is 9.99. The van der Waals surface area contributed by atoms with Crippen molar-refractivity contribution in [2.75, 3.05) is 62.3 Å². The number of likely N-dealkylation sites (N-methyl/N-ethyl adjacent to an activating group) is 1. The molecule has 2 saturated heterocycles. The molecule has 0 aliphatic carbocycles. The number of carbonyl (C=O) groups excluding carboxylic acids is 2. The maximum absolute atomic E-state index is 13.4. The highest BCUT2D eigenvalue weighted by molar-refractivity contribution is 6.02. The minimum absolute atomic E-state index is 0.108. The van der Waals surface area contributed by atoms with Crippen molar-refractivity contribution in [3.8, 4) is 0 Å². The molecule has 2 aliphatic heterocycles. The number of carbonyl (C=O) groups is 3. The lowest BCUT2D eigenvalue weighted by Crippen LogP contribution is -2.62. The van der Waals surface area contributed by atoms with Crippen LogP contribution >= 0.6 is 0 Å². The molecule has 34 heavy (non-hydrogen) atoms. The number of nitrogens with zero attached hydrogens (tertiary/aromatic N) is 3. The number of ether oxygens (including phenoxy) is 1. The van der Waals surface area contributed by atoms with Crippen molar-refractivity contribution >= 4 is 35.2 Å². The molecule has 1 aromatic rings. The number of amides is 3. The standard InChI is InChI=1S/C23H36N6O5/c1-22(2,3)34-20(31)26-23(7-9-29(10-8-23)21(32)33)19(30)25-18-6-5-16(15-17(18)24)28-13-11-27(4)12-14-28/h5-6,15H,7-14,24H2,1-4H3,(H,25,30)(H,26,31)(H,32,33). The summed E-state index contributed by atoms with van der Waals surface area (Å²) in [5.74, 6) is -0.456. The number of nitrogens with two attached hydrogens (primary N) is 1. The van der Waals surface area contributed by atoms with Crippen LogP contribution in [0, 0.1) is 0 Å². The van der Waals surface area contributed by atoms with Gasteiger partial charge in [0.05, 0.1) is 11.4 Å². The molecule has 0 aromatic heterocycles. The number of rotatable bonds is 4. The quantitative estimate of drug-likeness (QED) is 0.484. The van der Waals surface area contributed by atoms with Crippen LogP contribution < -0.4 is 21.3 Å². The molecule has 0 saturated carbocycles. The van der Waals surface area contributed by atoms with Crippen LogP contribution in [0.2, 0.25) is 0 Å². The molecule has 11 heteroatoms. The second-order valence-corrected chi connectivity index (χ2v) is 9.99. The summed E-state index contributed by atoms with van der Waals surface area (Å²) in [5.41, 5.74) is 6.05. The first-order valence-corrected chi connectivity index (χ1v) is 11.5. The van der Waals surface area contributed by atoms with Crippen molar-refractivity contribution in [3.05, 3.63) is 18.2 Å². The number of piperidine rings is 1. The van der Waals surface area contributed by atoms with E-state index < -0.39 is 29.2 Å². The van der Waals surface area contributed by atoms with E-state index in [9.17, 15) is 19.5 Å². The van der Waals surface area contributed by atoms with E-state index in [2.05, 4.69) is 27.5 Å². The van der Waals surface area contributed by atoms with Gasteiger partial charge in [-0.1, -0.05) is 0 Å². The normalized spacial score (nSPS) is 18.8. The van der Waals surface area contributed by atoms with Gasteiger partial charge in [-0.2, -0.15) is 0 Å². The highest BCUT2D eigenvalue weighted by atomic mass is 16.6. The van der Waals surface area contributed by atoms with Gasteiger partial charge in [0.2, 0.25) is 5.91 Å². The maximum Gasteiger partial charge on any atom is 0.408 e. The Morgan fingerprint density at radius 3 is 2.21 bits per heavy atom. The lowest BCUT2D eigenvalue weighted by atomic mass is 9.86. The smallest absolute Gasteiger partial charge is 0.408 e. The van der Waals surface area contributed by atoms with Gasteiger partial charge >= 0.3 is 12.2 Å². The number of alkyl carbamates (subject to hydrolysis) is 1. The number of hydrogen-bond acceptors (Lipinski definition) is 7. The van der Waals surface area contributed by atoms with Crippen LogP contribution in [0.4, 0.5) is 26.7 Å². The Morgan fingerprint density at radius 2 is 1.68 bits per heavy atom. The first-order valence-electron chi connectivity index (χ1n) is 11.5. The third kappa shape index (κ3) is 6.22. The van der Waals surface area contributed by atoms with Gasteiger partial charge in [-0.05, 0) is 58.9 Å². The molecule has 2 aliphatic rings. The minimum atomic E-state index is -1.32. The fraction of sp³-hybridized carbons (Fsp3) is 0.609. The molecular formula is C23H36N6O5. The molecule has 1 aromatic carbocycles. The third-order valence-corrected chi connectivity index (χ3v) is 6.21. The topological polar surface area (TPSA) is 140 Å². The number of anilines is 3. The molecule has 2 fully saturated rings. The summed E-state index contributed by atoms with van der Waals surface area (Å²) >= 11 is 0. The second kappa shape index (κ2) is 9.96. The van der Waals surface area contributed by atoms with E-state index >= 15 is 0 Å². The molecule has 188 valence electrons. The number of nitrogen functional groups attached to an aromatic ring is 1. The Kier molecular flexibility index (Phi) is 7.44. The van der Waals surface area contributed by atoms with Gasteiger partial charge in [-0.15, -0.1) is 0 Å². The number of hydrogen-bond donors (Lipinski definition) is 4. The van der Waals surface area contributed by atoms with Crippen LogP contribution in [-0.2, 0) is 9.53 Å². The van der Waals surface area contributed by atoms with Gasteiger partial charge in [0.25, 0.3) is 0 Å². The molecule has 0 unspecified atom stereocenters. The van der Waals surface area contributed by atoms with E-state index in [1.54, 1.807) is 26.8 Å². The summed E-state index contributed by atoms with van der Waals surface area (Å²) in [7, 11) is 2.09. The Morgan fingerprint density at radius 1 is 1.06 bits per heavy atom. The van der Waals surface area contributed by atoms with E-state index in [1.807, 2.05) is 12.1 Å². The number of piperazine rings is 1. The molecule has 11 nitrogen and oxygen atoms in total. The average Bonchev–Trinajstić information content (AvgIpc) is 2.74. The lowest BCUT2D eigenvalue weighted by Gasteiger charge is -2.40. The number of likely N-dealkylation sites (tertiary alicyclic amines) is 1. The Hall–Kier alpha value is -3.21. The molecule has 0 radical (unpaired) electrons. The Bertz CT molecular complexity index is 915.